The summed E-state index contributed by atoms with van der Waals surface area (Å²) in [7, 11) is 1.58. The molecule has 2 aromatic rings. The van der Waals surface area contributed by atoms with E-state index < -0.39 is 0 Å². The minimum absolute atomic E-state index is 0.157. The summed E-state index contributed by atoms with van der Waals surface area (Å²) < 4.78 is 5.91. The van der Waals surface area contributed by atoms with Gasteiger partial charge in [-0.3, -0.25) is 4.79 Å². The summed E-state index contributed by atoms with van der Waals surface area (Å²) >= 11 is 3.41. The van der Waals surface area contributed by atoms with Crippen molar-refractivity contribution in [3.05, 3.63) is 57.1 Å². The Morgan fingerprint density at radius 3 is 2.29 bits per heavy atom. The molecule has 110 valence electrons. The number of carbonyl (C=O) groups excluding carboxylic acids is 1. The van der Waals surface area contributed by atoms with Crippen LogP contribution in [0.5, 0.6) is 5.75 Å². The van der Waals surface area contributed by atoms with Gasteiger partial charge in [0.1, 0.15) is 5.75 Å². The van der Waals surface area contributed by atoms with Gasteiger partial charge in [-0.15, -0.1) is 0 Å². The average Bonchev–Trinajstić information content (AvgIpc) is 2.43. The van der Waals surface area contributed by atoms with Crippen molar-refractivity contribution in [1.29, 1.82) is 0 Å². The maximum Gasteiger partial charge on any atom is 0.256 e. The van der Waals surface area contributed by atoms with Gasteiger partial charge in [-0.2, -0.15) is 0 Å². The topological polar surface area (TPSA) is 38.3 Å². The van der Waals surface area contributed by atoms with E-state index in [1.807, 2.05) is 32.9 Å². The number of hydrogen-bond donors (Lipinski definition) is 1. The molecule has 0 aromatic heterocycles. The summed E-state index contributed by atoms with van der Waals surface area (Å²) in [5.41, 5.74) is 4.71. The molecule has 0 aliphatic rings. The molecule has 0 spiro atoms. The molecule has 1 N–H and O–H groups in total. The summed E-state index contributed by atoms with van der Waals surface area (Å²) in [4.78, 5) is 12.5. The first-order valence-electron chi connectivity index (χ1n) is 6.65. The van der Waals surface area contributed by atoms with E-state index >= 15 is 0 Å². The van der Waals surface area contributed by atoms with Crippen LogP contribution < -0.4 is 10.1 Å². The van der Waals surface area contributed by atoms with Crippen LogP contribution in [0.15, 0.2) is 34.8 Å². The molecule has 0 aliphatic heterocycles. The van der Waals surface area contributed by atoms with Gasteiger partial charge in [-0.05, 0) is 66.0 Å². The van der Waals surface area contributed by atoms with Crippen LogP contribution in [0.4, 0.5) is 5.69 Å². The molecule has 1 amide bonds. The fraction of sp³-hybridized carbons (Fsp3) is 0.235. The molecule has 0 fully saturated rings. The van der Waals surface area contributed by atoms with Crippen LogP contribution in [0.2, 0.25) is 0 Å². The first-order valence-corrected chi connectivity index (χ1v) is 7.44. The number of hydrogen-bond acceptors (Lipinski definition) is 2. The Morgan fingerprint density at radius 2 is 1.71 bits per heavy atom. The summed E-state index contributed by atoms with van der Waals surface area (Å²) in [6.45, 7) is 6.04. The van der Waals surface area contributed by atoms with Gasteiger partial charge in [0.15, 0.2) is 0 Å². The second kappa shape index (κ2) is 6.31. The van der Waals surface area contributed by atoms with E-state index in [1.54, 1.807) is 13.2 Å². The third-order valence-corrected chi connectivity index (χ3v) is 4.03. The van der Waals surface area contributed by atoms with Gasteiger partial charge in [-0.1, -0.05) is 17.7 Å². The van der Waals surface area contributed by atoms with Gasteiger partial charge in [-0.25, -0.2) is 0 Å². The number of rotatable bonds is 3. The van der Waals surface area contributed by atoms with Crippen LogP contribution in [0.3, 0.4) is 0 Å². The van der Waals surface area contributed by atoms with Crippen LogP contribution in [-0.2, 0) is 0 Å². The fourth-order valence-corrected chi connectivity index (χ4v) is 2.79. The number of nitrogens with one attached hydrogen (secondary N) is 1. The molecule has 21 heavy (non-hydrogen) atoms. The maximum absolute atomic E-state index is 12.5. The Hall–Kier alpha value is -1.81. The normalized spacial score (nSPS) is 10.3. The number of aryl methyl sites for hydroxylation is 3. The molecule has 0 heterocycles. The standard InChI is InChI=1S/C17H18BrNO2/c1-10-7-11(2)16(12(3)8-10)19-17(20)14-9-13(21-4)5-6-15(14)18/h5-9H,1-4H3,(H,19,20). The first kappa shape index (κ1) is 15.6. The van der Waals surface area contributed by atoms with Crippen LogP contribution in [0.25, 0.3) is 0 Å². The largest absolute Gasteiger partial charge is 0.497 e. The third-order valence-electron chi connectivity index (χ3n) is 3.33. The first-order chi connectivity index (χ1) is 9.92. The molecular weight excluding hydrogens is 330 g/mol. The molecule has 0 aliphatic carbocycles. The van der Waals surface area contributed by atoms with Crippen LogP contribution >= 0.6 is 15.9 Å². The molecule has 3 nitrogen and oxygen atoms in total. The van der Waals surface area contributed by atoms with Crippen LogP contribution in [-0.4, -0.2) is 13.0 Å². The van der Waals surface area contributed by atoms with Gasteiger partial charge >= 0.3 is 0 Å². The smallest absolute Gasteiger partial charge is 0.256 e. The third kappa shape index (κ3) is 3.45. The number of methoxy groups -OCH3 is 1. The monoisotopic (exact) mass is 347 g/mol. The average molecular weight is 348 g/mol. The number of benzene rings is 2. The lowest BCUT2D eigenvalue weighted by molar-refractivity contribution is 0.102. The Balaban J connectivity index is 2.35. The van der Waals surface area contributed by atoms with E-state index in [-0.39, 0.29) is 5.91 Å². The highest BCUT2D eigenvalue weighted by Gasteiger charge is 2.14. The molecule has 0 saturated carbocycles. The van der Waals surface area contributed by atoms with E-state index in [9.17, 15) is 4.79 Å². The zero-order chi connectivity index (χ0) is 15.6. The Kier molecular flexibility index (Phi) is 4.68. The van der Waals surface area contributed by atoms with Gasteiger partial charge in [0, 0.05) is 10.2 Å². The maximum atomic E-state index is 12.5. The quantitative estimate of drug-likeness (QED) is 0.878. The fourth-order valence-electron chi connectivity index (χ4n) is 2.36. The number of carbonyl (C=O) groups is 1. The zero-order valence-electron chi connectivity index (χ0n) is 12.6. The predicted molar refractivity (Wildman–Crippen MR) is 89.3 cm³/mol. The number of halogens is 1. The summed E-state index contributed by atoms with van der Waals surface area (Å²) in [5.74, 6) is 0.497. The number of anilines is 1. The van der Waals surface area contributed by atoms with Gasteiger partial charge in [0.05, 0.1) is 12.7 Å². The molecule has 2 rings (SSSR count). The predicted octanol–water partition coefficient (Wildman–Crippen LogP) is 4.64. The van der Waals surface area contributed by atoms with Crippen molar-refractivity contribution in [2.24, 2.45) is 0 Å². The second-order valence-corrected chi connectivity index (χ2v) is 5.93. The SMILES string of the molecule is COc1ccc(Br)c(C(=O)Nc2c(C)cc(C)cc2C)c1. The number of ether oxygens (including phenoxy) is 1. The summed E-state index contributed by atoms with van der Waals surface area (Å²) in [6, 6.07) is 9.45. The summed E-state index contributed by atoms with van der Waals surface area (Å²) in [5, 5.41) is 2.99. The molecule has 0 radical (unpaired) electrons. The van der Waals surface area contributed by atoms with Crippen molar-refractivity contribution in [1.82, 2.24) is 0 Å². The second-order valence-electron chi connectivity index (χ2n) is 5.07. The summed E-state index contributed by atoms with van der Waals surface area (Å²) in [6.07, 6.45) is 0. The molecular formula is C17H18BrNO2. The Morgan fingerprint density at radius 1 is 1.10 bits per heavy atom. The van der Waals surface area contributed by atoms with Gasteiger partial charge in [0.25, 0.3) is 5.91 Å². The van der Waals surface area contributed by atoms with Crippen molar-refractivity contribution in [2.45, 2.75) is 20.8 Å². The molecule has 0 atom stereocenters. The van der Waals surface area contributed by atoms with E-state index in [1.165, 1.54) is 5.56 Å². The van der Waals surface area contributed by atoms with Crippen LogP contribution in [0, 0.1) is 20.8 Å². The Labute approximate surface area is 133 Å². The molecule has 0 unspecified atom stereocenters. The zero-order valence-corrected chi connectivity index (χ0v) is 14.2. The highest BCUT2D eigenvalue weighted by Crippen LogP contribution is 2.26. The van der Waals surface area contributed by atoms with E-state index in [4.69, 9.17) is 4.74 Å². The van der Waals surface area contributed by atoms with Crippen molar-refractivity contribution in [3.63, 3.8) is 0 Å². The number of amides is 1. The van der Waals surface area contributed by atoms with Crippen molar-refractivity contribution < 1.29 is 9.53 Å². The highest BCUT2D eigenvalue weighted by atomic mass is 79.9. The molecule has 2 aromatic carbocycles. The molecule has 0 saturated heterocycles. The lowest BCUT2D eigenvalue weighted by atomic mass is 10.0. The van der Waals surface area contributed by atoms with Crippen molar-refractivity contribution in [2.75, 3.05) is 12.4 Å². The van der Waals surface area contributed by atoms with Crippen molar-refractivity contribution in [3.8, 4) is 5.75 Å². The van der Waals surface area contributed by atoms with E-state index in [0.717, 1.165) is 21.3 Å². The van der Waals surface area contributed by atoms with Crippen LogP contribution in [0.1, 0.15) is 27.0 Å². The van der Waals surface area contributed by atoms with Gasteiger partial charge < -0.3 is 10.1 Å². The van der Waals surface area contributed by atoms with E-state index in [0.29, 0.717) is 11.3 Å². The van der Waals surface area contributed by atoms with Gasteiger partial charge in [0.2, 0.25) is 0 Å². The lowest BCUT2D eigenvalue weighted by Crippen LogP contribution is -2.14. The molecule has 0 bridgehead atoms. The molecule has 4 heteroatoms. The minimum atomic E-state index is -0.157. The highest BCUT2D eigenvalue weighted by molar-refractivity contribution is 9.10. The lowest BCUT2D eigenvalue weighted by Gasteiger charge is -2.14. The Bertz CT molecular complexity index is 672. The minimum Gasteiger partial charge on any atom is -0.497 e. The van der Waals surface area contributed by atoms with Crippen molar-refractivity contribution >= 4 is 27.5 Å². The van der Waals surface area contributed by atoms with E-state index in [2.05, 4.69) is 33.4 Å².